The lowest BCUT2D eigenvalue weighted by Gasteiger charge is -2.16. The molecule has 8 heteroatoms. The van der Waals surface area contributed by atoms with E-state index in [0.29, 0.717) is 18.2 Å². The summed E-state index contributed by atoms with van der Waals surface area (Å²) in [4.78, 5) is 30.2. The Hall–Kier alpha value is -2.74. The molecule has 2 N–H and O–H groups in total. The van der Waals surface area contributed by atoms with Gasteiger partial charge in [-0.05, 0) is 37.5 Å². The maximum Gasteiger partial charge on any atom is 0.231 e. The van der Waals surface area contributed by atoms with Crippen molar-refractivity contribution in [2.24, 2.45) is 5.92 Å². The molecule has 0 radical (unpaired) electrons. The Kier molecular flexibility index (Phi) is 6.65. The van der Waals surface area contributed by atoms with Crippen molar-refractivity contribution in [2.45, 2.75) is 52.4 Å². The maximum absolute atomic E-state index is 12.7. The van der Waals surface area contributed by atoms with Crippen molar-refractivity contribution < 1.29 is 9.59 Å². The first kappa shape index (κ1) is 21.5. The van der Waals surface area contributed by atoms with E-state index >= 15 is 0 Å². The highest BCUT2D eigenvalue weighted by Crippen LogP contribution is 2.24. The number of hydrogen-bond acceptors (Lipinski definition) is 5. The van der Waals surface area contributed by atoms with Crippen molar-refractivity contribution in [3.8, 4) is 0 Å². The fourth-order valence-corrected chi connectivity index (χ4v) is 4.84. The zero-order chi connectivity index (χ0) is 21.8. The van der Waals surface area contributed by atoms with E-state index in [1.807, 2.05) is 6.20 Å². The van der Waals surface area contributed by atoms with Gasteiger partial charge in [-0.15, -0.1) is 10.2 Å². The number of nitrogens with one attached hydrogen (secondary N) is 2. The normalized spacial score (nSPS) is 16.4. The third-order valence-electron chi connectivity index (χ3n) is 5.85. The number of hydrogen-bond donors (Lipinski definition) is 2. The monoisotopic (exact) mass is 439 g/mol. The molecule has 1 aliphatic heterocycles. The van der Waals surface area contributed by atoms with Crippen LogP contribution in [0.15, 0.2) is 24.4 Å². The highest BCUT2D eigenvalue weighted by Gasteiger charge is 2.34. The first-order valence-electron chi connectivity index (χ1n) is 11.0. The Bertz CT molecular complexity index is 1070. The number of nitrogens with zero attached hydrogens (tertiary/aromatic N) is 3. The number of aryl methyl sites for hydroxylation is 2. The molecule has 1 aliphatic rings. The van der Waals surface area contributed by atoms with E-state index in [2.05, 4.69) is 52.5 Å². The highest BCUT2D eigenvalue weighted by atomic mass is 32.1. The molecule has 1 aromatic carbocycles. The van der Waals surface area contributed by atoms with Crippen molar-refractivity contribution >= 4 is 39.2 Å². The molecule has 0 bridgehead atoms. The minimum Gasteiger partial charge on any atom is -0.361 e. The second-order valence-electron chi connectivity index (χ2n) is 8.30. The van der Waals surface area contributed by atoms with Gasteiger partial charge in [0.2, 0.25) is 16.9 Å². The number of rotatable bonds is 9. The fourth-order valence-electron chi connectivity index (χ4n) is 4.06. The number of H-pyrrole nitrogens is 1. The minimum absolute atomic E-state index is 0.0358. The van der Waals surface area contributed by atoms with Gasteiger partial charge in [0.1, 0.15) is 5.01 Å². The number of carbonyl (C=O) groups excluding carboxylic acids is 2. The van der Waals surface area contributed by atoms with Crippen molar-refractivity contribution in [3.05, 3.63) is 40.5 Å². The molecule has 3 aromatic rings. The van der Waals surface area contributed by atoms with Crippen LogP contribution in [0, 0.1) is 12.8 Å². The average Bonchev–Trinajstić information content (AvgIpc) is 3.45. The molecule has 2 aromatic heterocycles. The maximum atomic E-state index is 12.7. The minimum atomic E-state index is -0.342. The summed E-state index contributed by atoms with van der Waals surface area (Å²) in [7, 11) is 0. The first-order chi connectivity index (χ1) is 15.0. The molecule has 2 amide bonds. The smallest absolute Gasteiger partial charge is 0.231 e. The standard InChI is InChI=1S/C23H29N5O2S/c1-3-4-5-6-20-26-27-23(31-20)25-22(30)17-12-21(29)28(14-17)10-9-16-13-24-19-8-7-15(2)11-18(16)19/h7-8,11,13,17,24H,3-6,9-10,12,14H2,1-2H3,(H,25,27,30). The highest BCUT2D eigenvalue weighted by molar-refractivity contribution is 7.15. The summed E-state index contributed by atoms with van der Waals surface area (Å²) in [5, 5.41) is 13.8. The topological polar surface area (TPSA) is 91.0 Å². The first-order valence-corrected chi connectivity index (χ1v) is 11.8. The second kappa shape index (κ2) is 9.60. The van der Waals surface area contributed by atoms with E-state index in [4.69, 9.17) is 0 Å². The van der Waals surface area contributed by atoms with Gasteiger partial charge in [0, 0.05) is 43.0 Å². The van der Waals surface area contributed by atoms with Gasteiger partial charge in [-0.2, -0.15) is 0 Å². The molecule has 1 atom stereocenters. The van der Waals surface area contributed by atoms with Gasteiger partial charge in [0.25, 0.3) is 0 Å². The lowest BCUT2D eigenvalue weighted by atomic mass is 10.1. The van der Waals surface area contributed by atoms with Gasteiger partial charge in [0.15, 0.2) is 0 Å². The Morgan fingerprint density at radius 2 is 2.16 bits per heavy atom. The van der Waals surface area contributed by atoms with Gasteiger partial charge in [-0.3, -0.25) is 9.59 Å². The molecular formula is C23H29N5O2S. The number of carbonyl (C=O) groups is 2. The Morgan fingerprint density at radius 1 is 1.29 bits per heavy atom. The molecule has 7 nitrogen and oxygen atoms in total. The van der Waals surface area contributed by atoms with Gasteiger partial charge in [0.05, 0.1) is 5.92 Å². The van der Waals surface area contributed by atoms with E-state index in [1.54, 1.807) is 4.90 Å². The molecule has 1 fully saturated rings. The number of anilines is 1. The van der Waals surface area contributed by atoms with Gasteiger partial charge < -0.3 is 15.2 Å². The summed E-state index contributed by atoms with van der Waals surface area (Å²) in [5.41, 5.74) is 3.52. The fraction of sp³-hybridized carbons (Fsp3) is 0.478. The third kappa shape index (κ3) is 5.12. The van der Waals surface area contributed by atoms with Crippen LogP contribution in [0.1, 0.15) is 48.7 Å². The van der Waals surface area contributed by atoms with Crippen LogP contribution in [-0.4, -0.2) is 45.0 Å². The molecule has 3 heterocycles. The summed E-state index contributed by atoms with van der Waals surface area (Å²) in [6, 6.07) is 6.34. The summed E-state index contributed by atoms with van der Waals surface area (Å²) in [5.74, 6) is -0.450. The van der Waals surface area contributed by atoms with E-state index in [9.17, 15) is 9.59 Å². The summed E-state index contributed by atoms with van der Waals surface area (Å²) in [6.45, 7) is 5.31. The number of aromatic nitrogens is 3. The van der Waals surface area contributed by atoms with Crippen LogP contribution in [0.5, 0.6) is 0 Å². The lowest BCUT2D eigenvalue weighted by molar-refractivity contribution is -0.128. The summed E-state index contributed by atoms with van der Waals surface area (Å²) in [6.07, 6.45) is 7.34. The molecule has 0 spiro atoms. The lowest BCUT2D eigenvalue weighted by Crippen LogP contribution is -2.30. The van der Waals surface area contributed by atoms with Crippen molar-refractivity contribution in [1.82, 2.24) is 20.1 Å². The molecule has 1 saturated heterocycles. The van der Waals surface area contributed by atoms with Crippen LogP contribution >= 0.6 is 11.3 Å². The SMILES string of the molecule is CCCCCc1nnc(NC(=O)C2CC(=O)N(CCc3c[nH]c4ccc(C)cc34)C2)s1. The van der Waals surface area contributed by atoms with Crippen LogP contribution in [-0.2, 0) is 22.4 Å². The van der Waals surface area contributed by atoms with E-state index in [0.717, 1.165) is 36.2 Å². The molecule has 31 heavy (non-hydrogen) atoms. The van der Waals surface area contributed by atoms with Gasteiger partial charge >= 0.3 is 0 Å². The van der Waals surface area contributed by atoms with Crippen LogP contribution in [0.3, 0.4) is 0 Å². The number of unbranched alkanes of at least 4 members (excludes halogenated alkanes) is 2. The molecular weight excluding hydrogens is 410 g/mol. The third-order valence-corrected chi connectivity index (χ3v) is 6.75. The van der Waals surface area contributed by atoms with Crippen LogP contribution in [0.4, 0.5) is 5.13 Å². The van der Waals surface area contributed by atoms with E-state index < -0.39 is 0 Å². The largest absolute Gasteiger partial charge is 0.361 e. The number of benzene rings is 1. The Morgan fingerprint density at radius 3 is 3.00 bits per heavy atom. The van der Waals surface area contributed by atoms with Gasteiger partial charge in [-0.1, -0.05) is 42.7 Å². The van der Waals surface area contributed by atoms with Crippen LogP contribution in [0.25, 0.3) is 10.9 Å². The van der Waals surface area contributed by atoms with Gasteiger partial charge in [-0.25, -0.2) is 0 Å². The number of likely N-dealkylation sites (tertiary alicyclic amines) is 1. The average molecular weight is 440 g/mol. The summed E-state index contributed by atoms with van der Waals surface area (Å²) >= 11 is 1.43. The van der Waals surface area contributed by atoms with E-state index in [1.165, 1.54) is 34.3 Å². The molecule has 1 unspecified atom stereocenters. The van der Waals surface area contributed by atoms with E-state index in [-0.39, 0.29) is 24.2 Å². The van der Waals surface area contributed by atoms with Crippen molar-refractivity contribution in [2.75, 3.05) is 18.4 Å². The zero-order valence-electron chi connectivity index (χ0n) is 18.1. The van der Waals surface area contributed by atoms with Crippen molar-refractivity contribution in [3.63, 3.8) is 0 Å². The Labute approximate surface area is 186 Å². The van der Waals surface area contributed by atoms with Crippen LogP contribution < -0.4 is 5.32 Å². The summed E-state index contributed by atoms with van der Waals surface area (Å²) < 4.78 is 0. The molecule has 0 aliphatic carbocycles. The van der Waals surface area contributed by atoms with Crippen molar-refractivity contribution in [1.29, 1.82) is 0 Å². The quantitative estimate of drug-likeness (QED) is 0.491. The predicted octanol–water partition coefficient (Wildman–Crippen LogP) is 4.09. The predicted molar refractivity (Wildman–Crippen MR) is 123 cm³/mol. The number of amides is 2. The molecule has 4 rings (SSSR count). The second-order valence-corrected chi connectivity index (χ2v) is 9.36. The molecule has 164 valence electrons. The zero-order valence-corrected chi connectivity index (χ0v) is 18.9. The number of fused-ring (bicyclic) bond motifs is 1. The molecule has 0 saturated carbocycles. The Balaban J connectivity index is 1.30. The van der Waals surface area contributed by atoms with Crippen LogP contribution in [0.2, 0.25) is 0 Å². The number of aromatic amines is 1.